The van der Waals surface area contributed by atoms with Gasteiger partial charge in [0.25, 0.3) is 0 Å². The fourth-order valence-corrected chi connectivity index (χ4v) is 4.47. The Morgan fingerprint density at radius 1 is 1.00 bits per heavy atom. The Balaban J connectivity index is 2.91. The lowest BCUT2D eigenvalue weighted by Gasteiger charge is -2.55. The third-order valence-electron chi connectivity index (χ3n) is 4.61. The van der Waals surface area contributed by atoms with Crippen molar-refractivity contribution in [3.8, 4) is 0 Å². The highest BCUT2D eigenvalue weighted by molar-refractivity contribution is 5.03. The Labute approximate surface area is 114 Å². The van der Waals surface area contributed by atoms with E-state index in [1.807, 2.05) is 0 Å². The first-order chi connectivity index (χ1) is 8.16. The first kappa shape index (κ1) is 16.0. The van der Waals surface area contributed by atoms with Gasteiger partial charge in [-0.15, -0.1) is 0 Å². The van der Waals surface area contributed by atoms with Crippen LogP contribution in [0.5, 0.6) is 0 Å². The van der Waals surface area contributed by atoms with Crippen LogP contribution in [0, 0.1) is 10.8 Å². The Morgan fingerprint density at radius 3 is 1.89 bits per heavy atom. The van der Waals surface area contributed by atoms with E-state index in [9.17, 15) is 0 Å². The largest absolute Gasteiger partial charge is 0.329 e. The summed E-state index contributed by atoms with van der Waals surface area (Å²) < 4.78 is 0. The Hall–Kier alpha value is -0.0800. The lowest BCUT2D eigenvalue weighted by molar-refractivity contribution is -0.0323. The molecule has 0 radical (unpaired) electrons. The maximum Gasteiger partial charge on any atom is 0.0338 e. The Morgan fingerprint density at radius 2 is 1.50 bits per heavy atom. The van der Waals surface area contributed by atoms with Crippen molar-refractivity contribution in [2.45, 2.75) is 72.3 Å². The smallest absolute Gasteiger partial charge is 0.0338 e. The molecule has 108 valence electrons. The number of rotatable bonds is 5. The van der Waals surface area contributed by atoms with Crippen molar-refractivity contribution in [2.24, 2.45) is 16.6 Å². The van der Waals surface area contributed by atoms with Crippen LogP contribution in [-0.2, 0) is 0 Å². The molecule has 1 aliphatic carbocycles. The molecule has 0 aromatic carbocycles. The molecule has 0 amide bonds. The Kier molecular flexibility index (Phi) is 4.88. The van der Waals surface area contributed by atoms with Crippen molar-refractivity contribution < 1.29 is 0 Å². The number of nitrogens with two attached hydrogens (primary N) is 1. The second-order valence-corrected chi connectivity index (χ2v) is 8.06. The molecule has 0 heterocycles. The summed E-state index contributed by atoms with van der Waals surface area (Å²) in [4.78, 5) is 2.55. The number of hydrogen-bond donors (Lipinski definition) is 1. The van der Waals surface area contributed by atoms with Gasteiger partial charge in [-0.05, 0) is 50.1 Å². The molecule has 0 aromatic rings. The summed E-state index contributed by atoms with van der Waals surface area (Å²) in [6.45, 7) is 13.9. The minimum absolute atomic E-state index is 0.209. The zero-order valence-electron chi connectivity index (χ0n) is 13.5. The molecular formula is C16H34N2. The molecule has 2 nitrogen and oxygen atoms in total. The van der Waals surface area contributed by atoms with Crippen LogP contribution in [0.1, 0.15) is 66.7 Å². The van der Waals surface area contributed by atoms with Gasteiger partial charge in [0.1, 0.15) is 0 Å². The normalized spacial score (nSPS) is 25.3. The van der Waals surface area contributed by atoms with E-state index in [2.05, 4.69) is 46.6 Å². The van der Waals surface area contributed by atoms with Gasteiger partial charge in [-0.3, -0.25) is 4.90 Å². The fourth-order valence-electron chi connectivity index (χ4n) is 4.47. The van der Waals surface area contributed by atoms with Crippen LogP contribution < -0.4 is 5.73 Å². The molecule has 0 saturated heterocycles. The third-order valence-corrected chi connectivity index (χ3v) is 4.61. The van der Waals surface area contributed by atoms with Crippen molar-refractivity contribution in [2.75, 3.05) is 20.1 Å². The van der Waals surface area contributed by atoms with Crippen molar-refractivity contribution in [1.29, 1.82) is 0 Å². The van der Waals surface area contributed by atoms with Crippen LogP contribution >= 0.6 is 0 Å². The molecule has 1 aliphatic rings. The van der Waals surface area contributed by atoms with Gasteiger partial charge >= 0.3 is 0 Å². The minimum atomic E-state index is 0.209. The second-order valence-electron chi connectivity index (χ2n) is 8.06. The van der Waals surface area contributed by atoms with Crippen molar-refractivity contribution in [1.82, 2.24) is 4.90 Å². The molecule has 2 heteroatoms. The highest BCUT2D eigenvalue weighted by Gasteiger charge is 2.48. The lowest BCUT2D eigenvalue weighted by atomic mass is 9.58. The van der Waals surface area contributed by atoms with Gasteiger partial charge in [-0.25, -0.2) is 0 Å². The van der Waals surface area contributed by atoms with Crippen LogP contribution in [0.3, 0.4) is 0 Å². The fraction of sp³-hybridized carbons (Fsp3) is 1.00. The molecule has 0 spiro atoms. The van der Waals surface area contributed by atoms with Crippen LogP contribution in [0.25, 0.3) is 0 Å². The number of unbranched alkanes of at least 4 members (excludes halogenated alkanes) is 1. The van der Waals surface area contributed by atoms with Gasteiger partial charge in [0.15, 0.2) is 0 Å². The molecule has 0 aliphatic heterocycles. The molecule has 0 aromatic heterocycles. The van der Waals surface area contributed by atoms with E-state index in [1.54, 1.807) is 0 Å². The van der Waals surface area contributed by atoms with E-state index in [0.29, 0.717) is 10.8 Å². The monoisotopic (exact) mass is 254 g/mol. The van der Waals surface area contributed by atoms with Crippen LogP contribution in [0.4, 0.5) is 0 Å². The maximum absolute atomic E-state index is 6.21. The molecule has 1 saturated carbocycles. The summed E-state index contributed by atoms with van der Waals surface area (Å²) in [6.07, 6.45) is 6.32. The van der Waals surface area contributed by atoms with Crippen LogP contribution in [-0.4, -0.2) is 30.6 Å². The molecule has 2 N–H and O–H groups in total. The molecule has 0 bridgehead atoms. The summed E-state index contributed by atoms with van der Waals surface area (Å²) in [7, 11) is 2.28. The van der Waals surface area contributed by atoms with E-state index in [0.717, 1.165) is 6.54 Å². The van der Waals surface area contributed by atoms with Crippen molar-refractivity contribution in [3.05, 3.63) is 0 Å². The molecule has 18 heavy (non-hydrogen) atoms. The second kappa shape index (κ2) is 5.50. The van der Waals surface area contributed by atoms with E-state index in [-0.39, 0.29) is 5.54 Å². The average molecular weight is 254 g/mol. The van der Waals surface area contributed by atoms with Crippen molar-refractivity contribution >= 4 is 0 Å². The minimum Gasteiger partial charge on any atom is -0.329 e. The summed E-state index contributed by atoms with van der Waals surface area (Å²) in [5.74, 6) is 0. The summed E-state index contributed by atoms with van der Waals surface area (Å²) in [5.41, 5.74) is 7.23. The van der Waals surface area contributed by atoms with Gasteiger partial charge in [-0.2, -0.15) is 0 Å². The standard InChI is InChI=1S/C16H34N2/c1-7-8-9-18(6)16(13-17)11-14(2,3)10-15(4,5)12-16/h7-13,17H2,1-6H3. The van der Waals surface area contributed by atoms with E-state index in [4.69, 9.17) is 5.73 Å². The summed E-state index contributed by atoms with van der Waals surface area (Å²) >= 11 is 0. The van der Waals surface area contributed by atoms with Gasteiger partial charge < -0.3 is 5.73 Å². The average Bonchev–Trinajstić information content (AvgIpc) is 2.21. The van der Waals surface area contributed by atoms with Gasteiger partial charge in [-0.1, -0.05) is 41.0 Å². The first-order valence-corrected chi connectivity index (χ1v) is 7.58. The predicted octanol–water partition coefficient (Wildman–Crippen LogP) is 3.65. The van der Waals surface area contributed by atoms with Crippen LogP contribution in [0.2, 0.25) is 0 Å². The highest BCUT2D eigenvalue weighted by atomic mass is 15.2. The molecule has 1 fully saturated rings. The first-order valence-electron chi connectivity index (χ1n) is 7.58. The summed E-state index contributed by atoms with van der Waals surface area (Å²) in [5, 5.41) is 0. The van der Waals surface area contributed by atoms with Gasteiger partial charge in [0.2, 0.25) is 0 Å². The van der Waals surface area contributed by atoms with E-state index < -0.39 is 0 Å². The molecule has 0 atom stereocenters. The SMILES string of the molecule is CCCCN(C)C1(CN)CC(C)(C)CC(C)(C)C1. The van der Waals surface area contributed by atoms with Gasteiger partial charge in [0, 0.05) is 12.1 Å². The third kappa shape index (κ3) is 3.71. The number of likely N-dealkylation sites (N-methyl/N-ethyl adjacent to an activating group) is 1. The zero-order chi connectivity index (χ0) is 14.0. The van der Waals surface area contributed by atoms with E-state index in [1.165, 1.54) is 38.6 Å². The van der Waals surface area contributed by atoms with Crippen LogP contribution in [0.15, 0.2) is 0 Å². The van der Waals surface area contributed by atoms with E-state index >= 15 is 0 Å². The number of hydrogen-bond acceptors (Lipinski definition) is 2. The lowest BCUT2D eigenvalue weighted by Crippen LogP contribution is -2.59. The molecule has 1 rings (SSSR count). The molecular weight excluding hydrogens is 220 g/mol. The topological polar surface area (TPSA) is 29.3 Å². The van der Waals surface area contributed by atoms with Crippen molar-refractivity contribution in [3.63, 3.8) is 0 Å². The quantitative estimate of drug-likeness (QED) is 0.811. The summed E-state index contributed by atoms with van der Waals surface area (Å²) in [6, 6.07) is 0. The maximum atomic E-state index is 6.21. The zero-order valence-corrected chi connectivity index (χ0v) is 13.5. The highest BCUT2D eigenvalue weighted by Crippen LogP contribution is 2.51. The van der Waals surface area contributed by atoms with Gasteiger partial charge in [0.05, 0.1) is 0 Å². The number of nitrogens with zero attached hydrogens (tertiary/aromatic N) is 1. The molecule has 0 unspecified atom stereocenters. The Bertz CT molecular complexity index is 252. The predicted molar refractivity (Wildman–Crippen MR) is 80.7 cm³/mol.